The van der Waals surface area contributed by atoms with Crippen molar-refractivity contribution in [3.8, 4) is 0 Å². The molecule has 1 aromatic rings. The minimum absolute atomic E-state index is 0.455. The maximum absolute atomic E-state index is 5.67. The summed E-state index contributed by atoms with van der Waals surface area (Å²) in [6.45, 7) is 12.1. The Labute approximate surface area is 111 Å². The highest BCUT2D eigenvalue weighted by Gasteiger charge is 2.23. The molecule has 0 aromatic carbocycles. The minimum atomic E-state index is 0.455. The third-order valence-corrected chi connectivity index (χ3v) is 4.08. The van der Waals surface area contributed by atoms with Crippen LogP contribution in [0.25, 0.3) is 0 Å². The molecular weight excluding hydrogens is 224 g/mol. The maximum Gasteiger partial charge on any atom is 0.105 e. The lowest BCUT2D eigenvalue weighted by atomic mass is 10.1. The van der Waals surface area contributed by atoms with Crippen LogP contribution in [0.3, 0.4) is 0 Å². The number of nitrogens with zero attached hydrogens (tertiary/aromatic N) is 1. The summed E-state index contributed by atoms with van der Waals surface area (Å²) >= 11 is 0. The van der Waals surface area contributed by atoms with Crippen LogP contribution < -0.4 is 5.32 Å². The molecule has 102 valence electrons. The first-order chi connectivity index (χ1) is 8.61. The van der Waals surface area contributed by atoms with Gasteiger partial charge in [-0.05, 0) is 46.2 Å². The predicted octanol–water partition coefficient (Wildman–Crippen LogP) is 3.03. The standard InChI is InChI=1S/C15H26N2O/c1-5-14-10-17(8-6-7-16-14)12(3)15-9-11(2)18-13(15)4/h9,12,14,16H,5-8,10H2,1-4H3. The van der Waals surface area contributed by atoms with Gasteiger partial charge in [-0.25, -0.2) is 0 Å². The molecule has 0 radical (unpaired) electrons. The maximum atomic E-state index is 5.67. The van der Waals surface area contributed by atoms with E-state index >= 15 is 0 Å². The third-order valence-electron chi connectivity index (χ3n) is 4.08. The Hall–Kier alpha value is -0.800. The molecule has 0 amide bonds. The second-order valence-electron chi connectivity index (χ2n) is 5.45. The normalized spacial score (nSPS) is 23.9. The second-order valence-corrected chi connectivity index (χ2v) is 5.45. The third kappa shape index (κ3) is 2.96. The largest absolute Gasteiger partial charge is 0.466 e. The van der Waals surface area contributed by atoms with Crippen LogP contribution in [0.5, 0.6) is 0 Å². The molecule has 1 aliphatic heterocycles. The summed E-state index contributed by atoms with van der Waals surface area (Å²) < 4.78 is 5.67. The van der Waals surface area contributed by atoms with Crippen LogP contribution >= 0.6 is 0 Å². The van der Waals surface area contributed by atoms with Crippen molar-refractivity contribution < 1.29 is 4.42 Å². The van der Waals surface area contributed by atoms with Crippen LogP contribution in [0.15, 0.2) is 10.5 Å². The molecule has 2 rings (SSSR count). The zero-order chi connectivity index (χ0) is 13.1. The van der Waals surface area contributed by atoms with Gasteiger partial charge in [-0.2, -0.15) is 0 Å². The predicted molar refractivity (Wildman–Crippen MR) is 74.9 cm³/mol. The van der Waals surface area contributed by atoms with E-state index in [4.69, 9.17) is 4.42 Å². The molecule has 1 N–H and O–H groups in total. The summed E-state index contributed by atoms with van der Waals surface area (Å²) in [5, 5.41) is 3.62. The van der Waals surface area contributed by atoms with Crippen molar-refractivity contribution in [3.63, 3.8) is 0 Å². The Morgan fingerprint density at radius 3 is 2.89 bits per heavy atom. The first kappa shape index (κ1) is 13.6. The molecule has 2 atom stereocenters. The Kier molecular flexibility index (Phi) is 4.46. The molecule has 3 heteroatoms. The molecule has 2 heterocycles. The molecule has 0 bridgehead atoms. The summed E-state index contributed by atoms with van der Waals surface area (Å²) in [5.41, 5.74) is 1.35. The molecule has 18 heavy (non-hydrogen) atoms. The molecule has 1 aromatic heterocycles. The first-order valence-electron chi connectivity index (χ1n) is 7.16. The van der Waals surface area contributed by atoms with E-state index in [2.05, 4.69) is 37.1 Å². The molecule has 0 spiro atoms. The van der Waals surface area contributed by atoms with Crippen LogP contribution in [0.1, 0.15) is 49.8 Å². The van der Waals surface area contributed by atoms with Gasteiger partial charge in [0.1, 0.15) is 11.5 Å². The summed E-state index contributed by atoms with van der Waals surface area (Å²) in [6, 6.07) is 3.28. The van der Waals surface area contributed by atoms with E-state index in [0.29, 0.717) is 12.1 Å². The van der Waals surface area contributed by atoms with Crippen LogP contribution in [-0.4, -0.2) is 30.6 Å². The summed E-state index contributed by atoms with van der Waals surface area (Å²) in [7, 11) is 0. The van der Waals surface area contributed by atoms with Gasteiger partial charge in [-0.1, -0.05) is 6.92 Å². The van der Waals surface area contributed by atoms with E-state index < -0.39 is 0 Å². The van der Waals surface area contributed by atoms with Crippen molar-refractivity contribution in [2.24, 2.45) is 0 Å². The Bertz CT molecular complexity index is 386. The van der Waals surface area contributed by atoms with Gasteiger partial charge in [0.05, 0.1) is 0 Å². The van der Waals surface area contributed by atoms with Crippen molar-refractivity contribution >= 4 is 0 Å². The van der Waals surface area contributed by atoms with Crippen LogP contribution in [0, 0.1) is 13.8 Å². The van der Waals surface area contributed by atoms with Crippen LogP contribution in [0.2, 0.25) is 0 Å². The Balaban J connectivity index is 2.11. The van der Waals surface area contributed by atoms with E-state index in [-0.39, 0.29) is 0 Å². The van der Waals surface area contributed by atoms with Crippen LogP contribution in [-0.2, 0) is 0 Å². The molecule has 0 saturated carbocycles. The summed E-state index contributed by atoms with van der Waals surface area (Å²) in [6.07, 6.45) is 2.43. The highest BCUT2D eigenvalue weighted by Crippen LogP contribution is 2.27. The van der Waals surface area contributed by atoms with Gasteiger partial charge in [-0.3, -0.25) is 4.90 Å². The average Bonchev–Trinajstić information content (AvgIpc) is 2.57. The van der Waals surface area contributed by atoms with Gasteiger partial charge in [0, 0.05) is 30.7 Å². The van der Waals surface area contributed by atoms with E-state index in [9.17, 15) is 0 Å². The topological polar surface area (TPSA) is 28.4 Å². The van der Waals surface area contributed by atoms with Crippen LogP contribution in [0.4, 0.5) is 0 Å². The fourth-order valence-corrected chi connectivity index (χ4v) is 2.91. The van der Waals surface area contributed by atoms with Crippen molar-refractivity contribution in [1.82, 2.24) is 10.2 Å². The number of aryl methyl sites for hydroxylation is 2. The number of nitrogens with one attached hydrogen (secondary N) is 1. The molecule has 1 fully saturated rings. The number of furan rings is 1. The molecule has 1 saturated heterocycles. The lowest BCUT2D eigenvalue weighted by Gasteiger charge is -2.29. The van der Waals surface area contributed by atoms with Gasteiger partial charge in [0.2, 0.25) is 0 Å². The molecule has 2 unspecified atom stereocenters. The first-order valence-corrected chi connectivity index (χ1v) is 7.16. The monoisotopic (exact) mass is 250 g/mol. The van der Waals surface area contributed by atoms with Gasteiger partial charge in [0.15, 0.2) is 0 Å². The quantitative estimate of drug-likeness (QED) is 0.894. The van der Waals surface area contributed by atoms with E-state index in [0.717, 1.165) is 24.6 Å². The Morgan fingerprint density at radius 1 is 1.50 bits per heavy atom. The molecule has 0 aliphatic carbocycles. The Morgan fingerprint density at radius 2 is 2.28 bits per heavy atom. The average molecular weight is 250 g/mol. The lowest BCUT2D eigenvalue weighted by Crippen LogP contribution is -2.38. The van der Waals surface area contributed by atoms with E-state index in [1.165, 1.54) is 24.9 Å². The van der Waals surface area contributed by atoms with Crippen molar-refractivity contribution in [1.29, 1.82) is 0 Å². The van der Waals surface area contributed by atoms with Crippen molar-refractivity contribution in [2.75, 3.05) is 19.6 Å². The fraction of sp³-hybridized carbons (Fsp3) is 0.733. The van der Waals surface area contributed by atoms with E-state index in [1.54, 1.807) is 0 Å². The van der Waals surface area contributed by atoms with Gasteiger partial charge < -0.3 is 9.73 Å². The lowest BCUT2D eigenvalue weighted by molar-refractivity contribution is 0.203. The second kappa shape index (κ2) is 5.89. The smallest absolute Gasteiger partial charge is 0.105 e. The summed E-state index contributed by atoms with van der Waals surface area (Å²) in [4.78, 5) is 2.59. The van der Waals surface area contributed by atoms with Crippen molar-refractivity contribution in [3.05, 3.63) is 23.2 Å². The fourth-order valence-electron chi connectivity index (χ4n) is 2.91. The van der Waals surface area contributed by atoms with Gasteiger partial charge >= 0.3 is 0 Å². The number of rotatable bonds is 3. The van der Waals surface area contributed by atoms with E-state index in [1.807, 2.05) is 6.92 Å². The zero-order valence-corrected chi connectivity index (χ0v) is 12.1. The molecular formula is C15H26N2O. The highest BCUT2D eigenvalue weighted by atomic mass is 16.3. The SMILES string of the molecule is CCC1CN(C(C)c2cc(C)oc2C)CCCN1. The number of hydrogen-bond acceptors (Lipinski definition) is 3. The molecule has 3 nitrogen and oxygen atoms in total. The highest BCUT2D eigenvalue weighted by molar-refractivity contribution is 5.23. The number of hydrogen-bond donors (Lipinski definition) is 1. The van der Waals surface area contributed by atoms with Crippen molar-refractivity contribution in [2.45, 2.75) is 52.6 Å². The zero-order valence-electron chi connectivity index (χ0n) is 12.1. The summed E-state index contributed by atoms with van der Waals surface area (Å²) in [5.74, 6) is 2.10. The van der Waals surface area contributed by atoms with Gasteiger partial charge in [-0.15, -0.1) is 0 Å². The molecule has 1 aliphatic rings. The minimum Gasteiger partial charge on any atom is -0.466 e. The van der Waals surface area contributed by atoms with Gasteiger partial charge in [0.25, 0.3) is 0 Å².